The summed E-state index contributed by atoms with van der Waals surface area (Å²) in [6, 6.07) is 11.8. The normalized spacial score (nSPS) is 17.2. The number of ether oxygens (including phenoxy) is 1. The van der Waals surface area contributed by atoms with E-state index in [2.05, 4.69) is 9.88 Å². The number of anilines is 1. The fourth-order valence-electron chi connectivity index (χ4n) is 4.17. The Labute approximate surface area is 189 Å². The van der Waals surface area contributed by atoms with Crippen LogP contribution in [0.15, 0.2) is 42.6 Å². The molecule has 0 radical (unpaired) electrons. The highest BCUT2D eigenvalue weighted by atomic mass is 16.6. The summed E-state index contributed by atoms with van der Waals surface area (Å²) in [5, 5.41) is 0. The van der Waals surface area contributed by atoms with Crippen LogP contribution in [0.2, 0.25) is 0 Å². The van der Waals surface area contributed by atoms with Gasteiger partial charge in [-0.05, 0) is 76.3 Å². The summed E-state index contributed by atoms with van der Waals surface area (Å²) in [7, 11) is 0. The fourth-order valence-corrected chi connectivity index (χ4v) is 4.17. The van der Waals surface area contributed by atoms with Crippen LogP contribution >= 0.6 is 0 Å². The first kappa shape index (κ1) is 22.1. The number of benzene rings is 1. The van der Waals surface area contributed by atoms with E-state index in [1.54, 1.807) is 17.2 Å². The molecule has 2 aromatic rings. The topological polar surface area (TPSA) is 88.8 Å². The molecule has 1 saturated carbocycles. The van der Waals surface area contributed by atoms with Gasteiger partial charge >= 0.3 is 6.09 Å². The molecule has 1 aliphatic carbocycles. The van der Waals surface area contributed by atoms with Crippen molar-refractivity contribution in [3.05, 3.63) is 48.2 Å². The number of amides is 2. The van der Waals surface area contributed by atoms with Crippen LogP contribution in [0.3, 0.4) is 0 Å². The molecule has 32 heavy (non-hydrogen) atoms. The van der Waals surface area contributed by atoms with E-state index < -0.39 is 5.60 Å². The molecule has 1 aromatic carbocycles. The van der Waals surface area contributed by atoms with Gasteiger partial charge in [0.2, 0.25) is 0 Å². The minimum absolute atomic E-state index is 0.0743. The molecule has 170 valence electrons. The van der Waals surface area contributed by atoms with E-state index in [9.17, 15) is 9.59 Å². The van der Waals surface area contributed by atoms with Crippen LogP contribution < -0.4 is 5.73 Å². The van der Waals surface area contributed by atoms with Gasteiger partial charge in [-0.1, -0.05) is 12.1 Å². The molecule has 2 N–H and O–H groups in total. The second kappa shape index (κ2) is 8.81. The monoisotopic (exact) mass is 436 g/mol. The third-order valence-corrected chi connectivity index (χ3v) is 5.94. The Kier molecular flexibility index (Phi) is 6.09. The first-order valence-electron chi connectivity index (χ1n) is 11.3. The zero-order chi connectivity index (χ0) is 22.9. The van der Waals surface area contributed by atoms with Crippen molar-refractivity contribution in [3.63, 3.8) is 0 Å². The van der Waals surface area contributed by atoms with Gasteiger partial charge in [0.15, 0.2) is 0 Å². The number of nitrogens with zero attached hydrogens (tertiary/aromatic N) is 3. The Balaban J connectivity index is 1.42. The van der Waals surface area contributed by atoms with E-state index in [-0.39, 0.29) is 18.0 Å². The lowest BCUT2D eigenvalue weighted by Crippen LogP contribution is -2.50. The van der Waals surface area contributed by atoms with Crippen molar-refractivity contribution in [2.24, 2.45) is 0 Å². The summed E-state index contributed by atoms with van der Waals surface area (Å²) in [5.41, 5.74) is 7.82. The molecule has 0 atom stereocenters. The fraction of sp³-hybridized carbons (Fsp3) is 0.480. The molecule has 1 aromatic heterocycles. The number of rotatable bonds is 4. The predicted molar refractivity (Wildman–Crippen MR) is 124 cm³/mol. The number of likely N-dealkylation sites (tertiary alicyclic amines) is 1. The van der Waals surface area contributed by atoms with Gasteiger partial charge in [-0.2, -0.15) is 0 Å². The van der Waals surface area contributed by atoms with Crippen LogP contribution in [0.5, 0.6) is 0 Å². The van der Waals surface area contributed by atoms with Gasteiger partial charge < -0.3 is 20.3 Å². The maximum absolute atomic E-state index is 13.4. The second-order valence-corrected chi connectivity index (χ2v) is 9.69. The van der Waals surface area contributed by atoms with Crippen molar-refractivity contribution in [2.45, 2.75) is 64.1 Å². The van der Waals surface area contributed by atoms with Crippen molar-refractivity contribution in [1.82, 2.24) is 14.8 Å². The van der Waals surface area contributed by atoms with Gasteiger partial charge in [-0.3, -0.25) is 4.79 Å². The molecule has 7 heteroatoms. The molecular formula is C25H32N4O3. The largest absolute Gasteiger partial charge is 0.444 e. The predicted octanol–water partition coefficient (Wildman–Crippen LogP) is 4.33. The van der Waals surface area contributed by atoms with Crippen LogP contribution in [0, 0.1) is 0 Å². The molecule has 2 amide bonds. The second-order valence-electron chi connectivity index (χ2n) is 9.69. The molecule has 7 nitrogen and oxygen atoms in total. The lowest BCUT2D eigenvalue weighted by atomic mass is 10.0. The number of pyridine rings is 1. The Bertz CT molecular complexity index is 954. The van der Waals surface area contributed by atoms with Gasteiger partial charge in [0.1, 0.15) is 11.4 Å². The minimum Gasteiger partial charge on any atom is -0.444 e. The number of piperidine rings is 1. The summed E-state index contributed by atoms with van der Waals surface area (Å²) < 4.78 is 5.50. The summed E-state index contributed by atoms with van der Waals surface area (Å²) in [5.74, 6) is 0.559. The average molecular weight is 437 g/mol. The first-order valence-corrected chi connectivity index (χ1v) is 11.3. The van der Waals surface area contributed by atoms with E-state index in [0.29, 0.717) is 30.5 Å². The number of carbonyl (C=O) groups excluding carboxylic acids is 2. The van der Waals surface area contributed by atoms with Crippen LogP contribution in [-0.4, -0.2) is 57.6 Å². The number of nitrogen functional groups attached to an aromatic ring is 1. The summed E-state index contributed by atoms with van der Waals surface area (Å²) in [4.78, 5) is 33.7. The Morgan fingerprint density at radius 3 is 2.09 bits per heavy atom. The average Bonchev–Trinajstić information content (AvgIpc) is 3.59. The molecule has 0 unspecified atom stereocenters. The standard InChI is InChI=1S/C25H32N4O3/c1-25(2,3)32-24(31)28-14-12-21(13-15-28)29(20-9-10-20)23(30)18-6-4-17(5-7-18)19-8-11-22(26)27-16-19/h4-8,11,16,20-21H,9-10,12-15H2,1-3H3,(H2,26,27). The van der Waals surface area contributed by atoms with E-state index in [1.807, 2.05) is 51.1 Å². The molecule has 2 heterocycles. The van der Waals surface area contributed by atoms with Crippen molar-refractivity contribution < 1.29 is 14.3 Å². The van der Waals surface area contributed by atoms with Crippen molar-refractivity contribution in [2.75, 3.05) is 18.8 Å². The van der Waals surface area contributed by atoms with Crippen LogP contribution in [0.4, 0.5) is 10.6 Å². The smallest absolute Gasteiger partial charge is 0.410 e. The summed E-state index contributed by atoms with van der Waals surface area (Å²) >= 11 is 0. The van der Waals surface area contributed by atoms with Crippen LogP contribution in [0.25, 0.3) is 11.1 Å². The molecule has 4 rings (SSSR count). The highest BCUT2D eigenvalue weighted by molar-refractivity contribution is 5.95. The molecule has 0 bridgehead atoms. The summed E-state index contributed by atoms with van der Waals surface area (Å²) in [6.07, 6.45) is 5.11. The third kappa shape index (κ3) is 5.21. The first-order chi connectivity index (χ1) is 15.2. The van der Waals surface area contributed by atoms with E-state index in [4.69, 9.17) is 10.5 Å². The molecular weight excluding hydrogens is 404 g/mol. The number of hydrogen-bond donors (Lipinski definition) is 1. The molecule has 1 aliphatic heterocycles. The number of carbonyl (C=O) groups is 2. The lowest BCUT2D eigenvalue weighted by molar-refractivity contribution is 0.0142. The zero-order valence-corrected chi connectivity index (χ0v) is 19.1. The van der Waals surface area contributed by atoms with E-state index >= 15 is 0 Å². The minimum atomic E-state index is -0.501. The maximum atomic E-state index is 13.4. The van der Waals surface area contributed by atoms with Crippen LogP contribution in [0.1, 0.15) is 56.8 Å². The number of nitrogens with two attached hydrogens (primary N) is 1. The number of aromatic nitrogens is 1. The van der Waals surface area contributed by atoms with Crippen molar-refractivity contribution >= 4 is 17.8 Å². The molecule has 2 aliphatic rings. The van der Waals surface area contributed by atoms with Gasteiger partial charge in [0, 0.05) is 42.5 Å². The summed E-state index contributed by atoms with van der Waals surface area (Å²) in [6.45, 7) is 6.85. The zero-order valence-electron chi connectivity index (χ0n) is 19.1. The van der Waals surface area contributed by atoms with Crippen molar-refractivity contribution in [1.29, 1.82) is 0 Å². The highest BCUT2D eigenvalue weighted by Crippen LogP contribution is 2.34. The third-order valence-electron chi connectivity index (χ3n) is 5.94. The number of hydrogen-bond acceptors (Lipinski definition) is 5. The molecule has 1 saturated heterocycles. The van der Waals surface area contributed by atoms with Gasteiger partial charge in [0.05, 0.1) is 0 Å². The van der Waals surface area contributed by atoms with Crippen LogP contribution in [-0.2, 0) is 4.74 Å². The van der Waals surface area contributed by atoms with Gasteiger partial charge in [-0.15, -0.1) is 0 Å². The van der Waals surface area contributed by atoms with Gasteiger partial charge in [0.25, 0.3) is 5.91 Å². The highest BCUT2D eigenvalue weighted by Gasteiger charge is 2.39. The quantitative estimate of drug-likeness (QED) is 0.770. The Morgan fingerprint density at radius 2 is 1.56 bits per heavy atom. The Hall–Kier alpha value is -3.09. The molecule has 2 fully saturated rings. The van der Waals surface area contributed by atoms with E-state index in [0.717, 1.165) is 36.8 Å². The maximum Gasteiger partial charge on any atom is 0.410 e. The lowest BCUT2D eigenvalue weighted by Gasteiger charge is -2.39. The molecule has 0 spiro atoms. The van der Waals surface area contributed by atoms with Gasteiger partial charge in [-0.25, -0.2) is 9.78 Å². The van der Waals surface area contributed by atoms with Crippen molar-refractivity contribution in [3.8, 4) is 11.1 Å². The Morgan fingerprint density at radius 1 is 0.969 bits per heavy atom. The SMILES string of the molecule is CC(C)(C)OC(=O)N1CCC(N(C(=O)c2ccc(-c3ccc(N)nc3)cc2)C2CC2)CC1. The van der Waals surface area contributed by atoms with E-state index in [1.165, 1.54) is 0 Å².